The van der Waals surface area contributed by atoms with E-state index >= 15 is 0 Å². The van der Waals surface area contributed by atoms with Crippen molar-refractivity contribution in [1.29, 1.82) is 0 Å². The molecule has 3 saturated heterocycles. The highest BCUT2D eigenvalue weighted by molar-refractivity contribution is 4.65. The molecule has 0 aliphatic carbocycles. The molecule has 121 valence electrons. The van der Waals surface area contributed by atoms with E-state index in [1.807, 2.05) is 0 Å². The third-order valence-corrected chi connectivity index (χ3v) is 5.66. The van der Waals surface area contributed by atoms with Crippen LogP contribution < -0.4 is 0 Å². The first-order valence-corrected chi connectivity index (χ1v) is 9.31. The summed E-state index contributed by atoms with van der Waals surface area (Å²) in [4.78, 5) is 0.958. The van der Waals surface area contributed by atoms with Gasteiger partial charge in [-0.05, 0) is 38.5 Å². The summed E-state index contributed by atoms with van der Waals surface area (Å²) >= 11 is 0. The molecule has 0 atom stereocenters. The molecular weight excluding hydrogens is 260 g/mol. The first kappa shape index (κ1) is 15.7. The number of quaternary nitrogens is 1. The van der Waals surface area contributed by atoms with Crippen LogP contribution in [-0.2, 0) is 0 Å². The molecule has 3 fully saturated rings. The monoisotopic (exact) mass is 294 g/mol. The van der Waals surface area contributed by atoms with Crippen LogP contribution in [0.3, 0.4) is 0 Å². The molecule has 1 radical (unpaired) electrons. The third-order valence-electron chi connectivity index (χ3n) is 5.66. The maximum atomic E-state index is 4.43. The van der Waals surface area contributed by atoms with Crippen LogP contribution in [0.1, 0.15) is 57.8 Å². The van der Waals surface area contributed by atoms with E-state index in [0.29, 0.717) is 0 Å². The number of hydrogen-bond acceptors (Lipinski definition) is 3. The molecule has 21 heavy (non-hydrogen) atoms. The van der Waals surface area contributed by atoms with Crippen LogP contribution in [0.5, 0.6) is 0 Å². The van der Waals surface area contributed by atoms with Gasteiger partial charge >= 0.3 is 0 Å². The Bertz CT molecular complexity index is 256. The smallest absolute Gasteiger partial charge is 0.116 e. The first-order valence-electron chi connectivity index (χ1n) is 9.31. The van der Waals surface area contributed by atoms with Gasteiger partial charge in [-0.1, -0.05) is 24.1 Å². The van der Waals surface area contributed by atoms with E-state index in [1.165, 1.54) is 97.1 Å². The van der Waals surface area contributed by atoms with Crippen LogP contribution in [-0.4, -0.2) is 65.7 Å². The maximum Gasteiger partial charge on any atom is 0.135 e. The molecule has 3 aliphatic heterocycles. The van der Waals surface area contributed by atoms with Gasteiger partial charge in [-0.25, -0.2) is 0 Å². The lowest BCUT2D eigenvalue weighted by atomic mass is 10.1. The lowest BCUT2D eigenvalue weighted by molar-refractivity contribution is -1.21. The van der Waals surface area contributed by atoms with Crippen LogP contribution in [0.2, 0.25) is 0 Å². The molecule has 3 aliphatic rings. The van der Waals surface area contributed by atoms with Crippen molar-refractivity contribution in [1.82, 2.24) is 15.0 Å². The Morgan fingerprint density at radius 1 is 0.524 bits per heavy atom. The van der Waals surface area contributed by atoms with Crippen LogP contribution in [0.25, 0.3) is 0 Å². The van der Waals surface area contributed by atoms with Gasteiger partial charge in [-0.15, -0.1) is 15.0 Å². The van der Waals surface area contributed by atoms with E-state index in [1.54, 1.807) is 0 Å². The molecule has 3 heterocycles. The molecule has 4 nitrogen and oxygen atoms in total. The molecular formula is C17H34N4+. The topological polar surface area (TPSA) is 9.72 Å². The molecule has 0 aromatic heterocycles. The fourth-order valence-electron chi connectivity index (χ4n) is 4.55. The van der Waals surface area contributed by atoms with Crippen molar-refractivity contribution in [3.05, 3.63) is 6.92 Å². The Morgan fingerprint density at radius 2 is 0.810 bits per heavy atom. The fourth-order valence-corrected chi connectivity index (χ4v) is 4.55. The summed E-state index contributed by atoms with van der Waals surface area (Å²) in [5.74, 6) is 0. The zero-order valence-corrected chi connectivity index (χ0v) is 13.8. The van der Waals surface area contributed by atoms with Crippen molar-refractivity contribution >= 4 is 0 Å². The fraction of sp³-hybridized carbons (Fsp3) is 0.941. The summed E-state index contributed by atoms with van der Waals surface area (Å²) in [6.45, 7) is 12.9. The second kappa shape index (κ2) is 7.40. The first-order chi connectivity index (χ1) is 10.4. The Kier molecular flexibility index (Phi) is 5.54. The predicted molar refractivity (Wildman–Crippen MR) is 86.8 cm³/mol. The van der Waals surface area contributed by atoms with Crippen molar-refractivity contribution in [2.24, 2.45) is 0 Å². The number of hydrogen-bond donors (Lipinski definition) is 0. The summed E-state index contributed by atoms with van der Waals surface area (Å²) in [7, 11) is 0. The molecule has 4 heteroatoms. The third kappa shape index (κ3) is 3.14. The van der Waals surface area contributed by atoms with E-state index in [9.17, 15) is 0 Å². The van der Waals surface area contributed by atoms with Gasteiger partial charge in [-0.2, -0.15) is 0 Å². The van der Waals surface area contributed by atoms with E-state index in [4.69, 9.17) is 0 Å². The highest BCUT2D eigenvalue weighted by Gasteiger charge is 2.47. The highest BCUT2D eigenvalue weighted by atomic mass is 16.1. The summed E-state index contributed by atoms with van der Waals surface area (Å²) in [5.41, 5.74) is 0. The minimum atomic E-state index is 0.958. The van der Waals surface area contributed by atoms with Gasteiger partial charge in [0.1, 0.15) is 6.54 Å². The van der Waals surface area contributed by atoms with E-state index in [0.717, 1.165) is 11.4 Å². The Hall–Kier alpha value is -0.160. The van der Waals surface area contributed by atoms with Gasteiger partial charge in [0.15, 0.2) is 0 Å². The zero-order chi connectivity index (χ0) is 14.5. The number of rotatable bonds is 4. The molecule has 0 saturated carbocycles. The average molecular weight is 294 g/mol. The molecule has 0 unspecified atom stereocenters. The van der Waals surface area contributed by atoms with E-state index in [2.05, 4.69) is 22.0 Å². The van der Waals surface area contributed by atoms with Gasteiger partial charge in [0.05, 0.1) is 39.3 Å². The molecule has 0 aromatic carbocycles. The minimum absolute atomic E-state index is 0.958. The SMILES string of the molecule is [CH2]C[N+](N1CCCCC1)(N1CCCCC1)N1CCCCC1. The normalized spacial score (nSPS) is 27.9. The Labute approximate surface area is 131 Å². The highest BCUT2D eigenvalue weighted by Crippen LogP contribution is 2.30. The molecule has 0 spiro atoms. The van der Waals surface area contributed by atoms with Crippen molar-refractivity contribution in [3.63, 3.8) is 0 Å². The Morgan fingerprint density at radius 3 is 1.05 bits per heavy atom. The summed E-state index contributed by atoms with van der Waals surface area (Å²) < 4.78 is 0. The van der Waals surface area contributed by atoms with Gasteiger partial charge < -0.3 is 0 Å². The van der Waals surface area contributed by atoms with Crippen LogP contribution in [0.15, 0.2) is 0 Å². The van der Waals surface area contributed by atoms with Gasteiger partial charge in [0, 0.05) is 6.92 Å². The standard InChI is InChI=1S/C17H34N4/c1-2-21(18-12-6-3-7-13-18,19-14-8-4-9-15-19)20-16-10-5-11-17-20/h1-17H2/q+1. The van der Waals surface area contributed by atoms with Gasteiger partial charge in [0.2, 0.25) is 0 Å². The molecule has 3 rings (SSSR count). The molecule has 0 amide bonds. The van der Waals surface area contributed by atoms with Gasteiger partial charge in [-0.3, -0.25) is 0 Å². The molecule has 0 N–H and O–H groups in total. The van der Waals surface area contributed by atoms with Crippen molar-refractivity contribution in [2.75, 3.05) is 45.8 Å². The van der Waals surface area contributed by atoms with Crippen molar-refractivity contribution in [2.45, 2.75) is 57.8 Å². The molecule has 0 bridgehead atoms. The van der Waals surface area contributed by atoms with Crippen LogP contribution in [0.4, 0.5) is 0 Å². The molecule has 0 aromatic rings. The number of piperidine rings is 3. The minimum Gasteiger partial charge on any atom is -0.116 e. The maximum absolute atomic E-state index is 4.43. The predicted octanol–water partition coefficient (Wildman–Crippen LogP) is 2.84. The quantitative estimate of drug-likeness (QED) is 0.738. The number of nitrogens with zero attached hydrogens (tertiary/aromatic N) is 4. The second-order valence-corrected chi connectivity index (χ2v) is 6.96. The Balaban J connectivity index is 1.85. The van der Waals surface area contributed by atoms with E-state index < -0.39 is 0 Å². The summed E-state index contributed by atoms with van der Waals surface area (Å²) in [6.07, 6.45) is 12.4. The van der Waals surface area contributed by atoms with Crippen LogP contribution in [0, 0.1) is 6.92 Å². The largest absolute Gasteiger partial charge is 0.135 e. The van der Waals surface area contributed by atoms with E-state index in [-0.39, 0.29) is 0 Å². The summed E-state index contributed by atoms with van der Waals surface area (Å²) in [6, 6.07) is 0. The summed E-state index contributed by atoms with van der Waals surface area (Å²) in [5, 5.41) is 8.23. The zero-order valence-electron chi connectivity index (χ0n) is 13.8. The van der Waals surface area contributed by atoms with Crippen LogP contribution >= 0.6 is 0 Å². The lowest BCUT2D eigenvalue weighted by Gasteiger charge is -2.56. The van der Waals surface area contributed by atoms with Gasteiger partial charge in [0.25, 0.3) is 0 Å². The lowest BCUT2D eigenvalue weighted by Crippen LogP contribution is -2.77. The average Bonchev–Trinajstić information content (AvgIpc) is 2.59. The second-order valence-electron chi connectivity index (χ2n) is 6.96. The van der Waals surface area contributed by atoms with Crippen molar-refractivity contribution in [3.8, 4) is 0 Å². The van der Waals surface area contributed by atoms with Crippen molar-refractivity contribution < 1.29 is 4.81 Å².